The number of allylic oxidation sites excluding steroid dienone is 1. The van der Waals surface area contributed by atoms with Crippen molar-refractivity contribution in [2.45, 2.75) is 25.7 Å². The first-order valence-electron chi connectivity index (χ1n) is 7.63. The average molecular weight is 353 g/mol. The van der Waals surface area contributed by atoms with Crippen LogP contribution in [-0.2, 0) is 15.0 Å². The lowest BCUT2D eigenvalue weighted by atomic mass is 10.2. The molecule has 1 fully saturated rings. The molecule has 124 valence electrons. The summed E-state index contributed by atoms with van der Waals surface area (Å²) >= 11 is 1.40. The van der Waals surface area contributed by atoms with E-state index in [-0.39, 0.29) is 11.6 Å². The molecule has 1 aromatic heterocycles. The Bertz CT molecular complexity index is 743. The Morgan fingerprint density at radius 1 is 1.22 bits per heavy atom. The van der Waals surface area contributed by atoms with Crippen molar-refractivity contribution < 1.29 is 13.2 Å². The van der Waals surface area contributed by atoms with Crippen LogP contribution in [0.3, 0.4) is 0 Å². The van der Waals surface area contributed by atoms with Crippen molar-refractivity contribution in [3.05, 3.63) is 34.2 Å². The van der Waals surface area contributed by atoms with Gasteiger partial charge < -0.3 is 4.90 Å². The second-order valence-electron chi connectivity index (χ2n) is 5.64. The van der Waals surface area contributed by atoms with E-state index in [1.54, 1.807) is 17.0 Å². The Morgan fingerprint density at radius 3 is 2.52 bits per heavy atom. The molecule has 8 heteroatoms. The fraction of sp³-hybridized carbons (Fsp3) is 0.467. The molecule has 6 nitrogen and oxygen atoms in total. The maximum Gasteiger partial charge on any atom is 0.345 e. The predicted octanol–water partition coefficient (Wildman–Crippen LogP) is 2.01. The fourth-order valence-electron chi connectivity index (χ4n) is 2.73. The van der Waals surface area contributed by atoms with E-state index in [4.69, 9.17) is 0 Å². The third-order valence-electron chi connectivity index (χ3n) is 4.06. The molecule has 0 aliphatic carbocycles. The zero-order valence-corrected chi connectivity index (χ0v) is 14.6. The molecule has 3 heterocycles. The lowest BCUT2D eigenvalue weighted by Gasteiger charge is -2.28. The first-order valence-corrected chi connectivity index (χ1v) is 9.90. The van der Waals surface area contributed by atoms with Crippen LogP contribution in [-0.4, -0.2) is 49.4 Å². The summed E-state index contributed by atoms with van der Waals surface area (Å²) in [5.41, 5.74) is 0.501. The van der Waals surface area contributed by atoms with Crippen LogP contribution in [0.2, 0.25) is 0 Å². The highest BCUT2D eigenvalue weighted by Gasteiger charge is 2.32. The van der Waals surface area contributed by atoms with Gasteiger partial charge in [0.2, 0.25) is 0 Å². The summed E-state index contributed by atoms with van der Waals surface area (Å²) in [4.78, 5) is 15.3. The monoisotopic (exact) mass is 353 g/mol. The number of carbonyl (C=O) groups excluding carboxylic acids is 1. The molecule has 23 heavy (non-hydrogen) atoms. The number of hydrogen-bond donors (Lipinski definition) is 0. The van der Waals surface area contributed by atoms with Crippen molar-refractivity contribution in [2.75, 3.05) is 20.1 Å². The largest absolute Gasteiger partial charge is 0.345 e. The van der Waals surface area contributed by atoms with Crippen LogP contribution < -0.4 is 0 Å². The summed E-state index contributed by atoms with van der Waals surface area (Å²) < 4.78 is 29.4. The van der Waals surface area contributed by atoms with Crippen molar-refractivity contribution >= 4 is 33.2 Å². The molecule has 0 bridgehead atoms. The number of hydrogen-bond acceptors (Lipinski definition) is 4. The topological polar surface area (TPSA) is 70.1 Å². The van der Waals surface area contributed by atoms with E-state index in [1.807, 2.05) is 11.4 Å². The molecule has 0 N–H and O–H groups in total. The van der Waals surface area contributed by atoms with Gasteiger partial charge in [-0.1, -0.05) is 18.9 Å². The molecule has 0 spiro atoms. The Balaban J connectivity index is 1.95. The Labute approximate surface area is 140 Å². The summed E-state index contributed by atoms with van der Waals surface area (Å²) in [7, 11) is -2.49. The van der Waals surface area contributed by atoms with Gasteiger partial charge in [-0.3, -0.25) is 4.79 Å². The van der Waals surface area contributed by atoms with Crippen LogP contribution in [0.5, 0.6) is 0 Å². The Hall–Kier alpha value is -1.67. The van der Waals surface area contributed by atoms with Gasteiger partial charge >= 0.3 is 10.2 Å². The van der Waals surface area contributed by atoms with E-state index in [0.717, 1.165) is 34.9 Å². The third kappa shape index (κ3) is 3.32. The Morgan fingerprint density at radius 2 is 1.91 bits per heavy atom. The van der Waals surface area contributed by atoms with Gasteiger partial charge in [-0.15, -0.1) is 15.7 Å². The number of likely N-dealkylation sites (N-methyl/N-ethyl adjacent to an activating group) is 1. The van der Waals surface area contributed by atoms with Crippen molar-refractivity contribution in [3.63, 3.8) is 0 Å². The normalized spacial score (nSPS) is 21.4. The fourth-order valence-corrected chi connectivity index (χ4v) is 4.37. The van der Waals surface area contributed by atoms with Crippen LogP contribution in [0.15, 0.2) is 33.7 Å². The molecule has 1 aromatic rings. The highest BCUT2D eigenvalue weighted by molar-refractivity contribution is 7.88. The van der Waals surface area contributed by atoms with Gasteiger partial charge in [0.25, 0.3) is 5.91 Å². The molecule has 1 saturated heterocycles. The van der Waals surface area contributed by atoms with Gasteiger partial charge in [0.05, 0.1) is 10.6 Å². The quantitative estimate of drug-likeness (QED) is 0.817. The van der Waals surface area contributed by atoms with Gasteiger partial charge in [-0.05, 0) is 30.4 Å². The van der Waals surface area contributed by atoms with E-state index in [2.05, 4.69) is 4.40 Å². The van der Waals surface area contributed by atoms with Gasteiger partial charge in [0, 0.05) is 20.1 Å². The highest BCUT2D eigenvalue weighted by atomic mass is 32.2. The summed E-state index contributed by atoms with van der Waals surface area (Å²) in [6.07, 6.45) is 5.72. The number of likely N-dealkylation sites (tertiary alicyclic amines) is 1. The third-order valence-corrected chi connectivity index (χ3v) is 6.27. The lowest BCUT2D eigenvalue weighted by molar-refractivity contribution is -0.128. The van der Waals surface area contributed by atoms with E-state index in [0.29, 0.717) is 18.8 Å². The standard InChI is InChI=1S/C15H19N3O3S2/c1-17-13(15(19)18-8-4-2-3-5-9-18)11-12(16-23(17,20)21)14-7-6-10-22-14/h6-7,10-11H,2-5,8-9H2,1H3. The first-order chi connectivity index (χ1) is 11.0. The van der Waals surface area contributed by atoms with Crippen LogP contribution in [0.25, 0.3) is 0 Å². The summed E-state index contributed by atoms with van der Waals surface area (Å²) in [5.74, 6) is -0.234. The lowest BCUT2D eigenvalue weighted by Crippen LogP contribution is -2.41. The minimum absolute atomic E-state index is 0.172. The molecular weight excluding hydrogens is 334 g/mol. The molecule has 3 rings (SSSR count). The number of thiophene rings is 1. The van der Waals surface area contributed by atoms with Gasteiger partial charge in [-0.2, -0.15) is 8.42 Å². The second-order valence-corrected chi connectivity index (χ2v) is 8.21. The minimum Gasteiger partial charge on any atom is -0.337 e. The number of rotatable bonds is 2. The van der Waals surface area contributed by atoms with Crippen LogP contribution >= 0.6 is 11.3 Å². The molecule has 0 unspecified atom stereocenters. The van der Waals surface area contributed by atoms with Crippen LogP contribution in [0, 0.1) is 0 Å². The zero-order valence-electron chi connectivity index (χ0n) is 12.9. The van der Waals surface area contributed by atoms with E-state index < -0.39 is 10.2 Å². The predicted molar refractivity (Wildman–Crippen MR) is 90.7 cm³/mol. The Kier molecular flexibility index (Phi) is 4.54. The number of nitrogens with zero attached hydrogens (tertiary/aromatic N) is 3. The molecule has 0 aromatic carbocycles. The molecule has 0 saturated carbocycles. The number of amides is 1. The SMILES string of the molecule is CN1C(C(=O)N2CCCCCC2)=CC(c2cccs2)=NS1(=O)=O. The molecule has 2 aliphatic heterocycles. The highest BCUT2D eigenvalue weighted by Crippen LogP contribution is 2.24. The van der Waals surface area contributed by atoms with Crippen molar-refractivity contribution in [1.29, 1.82) is 0 Å². The van der Waals surface area contributed by atoms with Gasteiger partial charge in [0.1, 0.15) is 5.70 Å². The minimum atomic E-state index is -3.87. The van der Waals surface area contributed by atoms with Crippen LogP contribution in [0.4, 0.5) is 0 Å². The number of carbonyl (C=O) groups is 1. The van der Waals surface area contributed by atoms with Gasteiger partial charge in [-0.25, -0.2) is 4.31 Å². The van der Waals surface area contributed by atoms with Crippen molar-refractivity contribution in [2.24, 2.45) is 4.40 Å². The average Bonchev–Trinajstić information content (AvgIpc) is 2.92. The second kappa shape index (κ2) is 6.45. The molecule has 1 amide bonds. The maximum absolute atomic E-state index is 12.8. The van der Waals surface area contributed by atoms with Gasteiger partial charge in [0.15, 0.2) is 0 Å². The zero-order chi connectivity index (χ0) is 16.4. The van der Waals surface area contributed by atoms with E-state index in [1.165, 1.54) is 18.4 Å². The first kappa shape index (κ1) is 16.2. The van der Waals surface area contributed by atoms with E-state index in [9.17, 15) is 13.2 Å². The van der Waals surface area contributed by atoms with Crippen LogP contribution in [0.1, 0.15) is 30.6 Å². The van der Waals surface area contributed by atoms with E-state index >= 15 is 0 Å². The maximum atomic E-state index is 12.8. The molecule has 0 atom stereocenters. The van der Waals surface area contributed by atoms with Crippen molar-refractivity contribution in [3.8, 4) is 0 Å². The summed E-state index contributed by atoms with van der Waals surface area (Å²) in [6, 6.07) is 3.63. The van der Waals surface area contributed by atoms with Crippen molar-refractivity contribution in [1.82, 2.24) is 9.21 Å². The molecule has 2 aliphatic rings. The smallest absolute Gasteiger partial charge is 0.337 e. The summed E-state index contributed by atoms with van der Waals surface area (Å²) in [5, 5.41) is 1.85. The molecular formula is C15H19N3O3S2. The molecule has 0 radical (unpaired) electrons. The summed E-state index contributed by atoms with van der Waals surface area (Å²) in [6.45, 7) is 1.35.